The van der Waals surface area contributed by atoms with E-state index in [1.165, 1.54) is 11.3 Å². The van der Waals surface area contributed by atoms with Gasteiger partial charge in [-0.3, -0.25) is 4.79 Å². The maximum absolute atomic E-state index is 12.5. The smallest absolute Gasteiger partial charge is 0.271 e. The molecule has 150 valence electrons. The van der Waals surface area contributed by atoms with Gasteiger partial charge in [-0.25, -0.2) is 4.98 Å². The number of benzene rings is 2. The molecule has 2 heterocycles. The van der Waals surface area contributed by atoms with E-state index in [0.29, 0.717) is 36.1 Å². The van der Waals surface area contributed by atoms with Crippen molar-refractivity contribution < 1.29 is 23.7 Å². The fourth-order valence-electron chi connectivity index (χ4n) is 2.91. The van der Waals surface area contributed by atoms with Crippen LogP contribution in [0, 0.1) is 0 Å². The minimum atomic E-state index is -0.233. The lowest BCUT2D eigenvalue weighted by atomic mass is 10.2. The predicted molar refractivity (Wildman–Crippen MR) is 109 cm³/mol. The summed E-state index contributed by atoms with van der Waals surface area (Å²) in [6.07, 6.45) is 0. The average molecular weight is 412 g/mol. The summed E-state index contributed by atoms with van der Waals surface area (Å²) in [4.78, 5) is 17.0. The number of ether oxygens (including phenoxy) is 4. The molecule has 3 aromatic rings. The summed E-state index contributed by atoms with van der Waals surface area (Å²) in [5, 5.41) is 5.36. The van der Waals surface area contributed by atoms with E-state index in [2.05, 4.69) is 10.3 Å². The van der Waals surface area contributed by atoms with Crippen molar-refractivity contribution in [1.29, 1.82) is 0 Å². The number of carbonyl (C=O) groups is 1. The van der Waals surface area contributed by atoms with E-state index in [1.54, 1.807) is 12.5 Å². The number of nitrogens with zero attached hydrogens (tertiary/aromatic N) is 1. The summed E-state index contributed by atoms with van der Waals surface area (Å²) in [5.74, 6) is 2.49. The van der Waals surface area contributed by atoms with Crippen LogP contribution in [0.25, 0.3) is 10.6 Å². The van der Waals surface area contributed by atoms with Crippen LogP contribution in [0.3, 0.4) is 0 Å². The zero-order chi connectivity index (χ0) is 20.2. The number of methoxy groups -OCH3 is 1. The molecular formula is C21H20N2O5S. The Kier molecular flexibility index (Phi) is 5.53. The molecule has 0 aliphatic carbocycles. The van der Waals surface area contributed by atoms with Crippen LogP contribution in [0.1, 0.15) is 23.0 Å². The van der Waals surface area contributed by atoms with Crippen LogP contribution in [0.15, 0.2) is 41.8 Å². The number of aromatic nitrogens is 1. The van der Waals surface area contributed by atoms with Crippen LogP contribution in [-0.4, -0.2) is 31.4 Å². The summed E-state index contributed by atoms with van der Waals surface area (Å²) in [5.41, 5.74) is 2.16. The topological polar surface area (TPSA) is 78.9 Å². The number of carbonyl (C=O) groups excluding carboxylic acids is 1. The molecule has 7 nitrogen and oxygen atoms in total. The summed E-state index contributed by atoms with van der Waals surface area (Å²) >= 11 is 1.40. The summed E-state index contributed by atoms with van der Waals surface area (Å²) in [6.45, 7) is 3.07. The van der Waals surface area contributed by atoms with Crippen molar-refractivity contribution in [2.24, 2.45) is 0 Å². The Morgan fingerprint density at radius 1 is 1.17 bits per heavy atom. The van der Waals surface area contributed by atoms with Gasteiger partial charge in [0.05, 0.1) is 13.7 Å². The number of thiazole rings is 1. The Labute approximate surface area is 172 Å². The second-order valence-electron chi connectivity index (χ2n) is 6.21. The molecule has 0 spiro atoms. The largest absolute Gasteiger partial charge is 0.493 e. The van der Waals surface area contributed by atoms with Crippen LogP contribution < -0.4 is 24.3 Å². The minimum Gasteiger partial charge on any atom is -0.493 e. The first-order valence-electron chi connectivity index (χ1n) is 9.11. The number of nitrogens with one attached hydrogen (secondary N) is 1. The van der Waals surface area contributed by atoms with Crippen LogP contribution in [-0.2, 0) is 6.54 Å². The highest BCUT2D eigenvalue weighted by molar-refractivity contribution is 7.13. The van der Waals surface area contributed by atoms with Gasteiger partial charge >= 0.3 is 0 Å². The molecule has 0 fully saturated rings. The monoisotopic (exact) mass is 412 g/mol. The maximum atomic E-state index is 12.5. The zero-order valence-corrected chi connectivity index (χ0v) is 16.9. The van der Waals surface area contributed by atoms with E-state index in [9.17, 15) is 4.79 Å². The highest BCUT2D eigenvalue weighted by Gasteiger charge is 2.16. The molecule has 29 heavy (non-hydrogen) atoms. The molecule has 0 atom stereocenters. The lowest BCUT2D eigenvalue weighted by Crippen LogP contribution is -2.23. The summed E-state index contributed by atoms with van der Waals surface area (Å²) in [6, 6.07) is 11.2. The Morgan fingerprint density at radius 2 is 2.03 bits per heavy atom. The number of hydrogen-bond acceptors (Lipinski definition) is 7. The second-order valence-corrected chi connectivity index (χ2v) is 7.06. The van der Waals surface area contributed by atoms with E-state index >= 15 is 0 Å². The van der Waals surface area contributed by atoms with Gasteiger partial charge in [0.2, 0.25) is 6.79 Å². The van der Waals surface area contributed by atoms with Crippen molar-refractivity contribution in [2.75, 3.05) is 20.5 Å². The molecule has 2 aromatic carbocycles. The normalized spacial score (nSPS) is 11.9. The molecule has 8 heteroatoms. The lowest BCUT2D eigenvalue weighted by Gasteiger charge is -2.09. The zero-order valence-electron chi connectivity index (χ0n) is 16.1. The molecule has 1 aliphatic heterocycles. The van der Waals surface area contributed by atoms with Crippen molar-refractivity contribution in [2.45, 2.75) is 13.5 Å². The second kappa shape index (κ2) is 8.40. The molecule has 0 unspecified atom stereocenters. The number of hydrogen-bond donors (Lipinski definition) is 1. The van der Waals surface area contributed by atoms with E-state index in [4.69, 9.17) is 18.9 Å². The summed E-state index contributed by atoms with van der Waals surface area (Å²) in [7, 11) is 1.60. The SMILES string of the molecule is CCOc1ccc(-c2nc(C(=O)NCc3ccc4c(c3)OCO4)cs2)cc1OC. The number of amides is 1. The van der Waals surface area contributed by atoms with Gasteiger partial charge in [0.1, 0.15) is 10.7 Å². The van der Waals surface area contributed by atoms with Crippen LogP contribution >= 0.6 is 11.3 Å². The van der Waals surface area contributed by atoms with E-state index < -0.39 is 0 Å². The molecular weight excluding hydrogens is 392 g/mol. The molecule has 0 bridgehead atoms. The molecule has 0 radical (unpaired) electrons. The standard InChI is InChI=1S/C21H20N2O5S/c1-3-26-16-7-5-14(9-18(16)25-2)21-23-15(11-29-21)20(24)22-10-13-4-6-17-19(8-13)28-12-27-17/h4-9,11H,3,10,12H2,1-2H3,(H,22,24). The van der Waals surface area contributed by atoms with Crippen molar-refractivity contribution in [3.8, 4) is 33.6 Å². The summed E-state index contributed by atoms with van der Waals surface area (Å²) < 4.78 is 21.6. The highest BCUT2D eigenvalue weighted by atomic mass is 32.1. The van der Waals surface area contributed by atoms with Crippen LogP contribution in [0.5, 0.6) is 23.0 Å². The van der Waals surface area contributed by atoms with Crippen LogP contribution in [0.4, 0.5) is 0 Å². The van der Waals surface area contributed by atoms with Gasteiger partial charge in [0, 0.05) is 17.5 Å². The minimum absolute atomic E-state index is 0.225. The molecule has 1 aromatic heterocycles. The van der Waals surface area contributed by atoms with Crippen molar-refractivity contribution in [3.63, 3.8) is 0 Å². The van der Waals surface area contributed by atoms with Crippen molar-refractivity contribution >= 4 is 17.2 Å². The molecule has 0 saturated carbocycles. The third kappa shape index (κ3) is 4.12. The van der Waals surface area contributed by atoms with Gasteiger partial charge in [0.15, 0.2) is 23.0 Å². The predicted octanol–water partition coefficient (Wildman–Crippen LogP) is 3.88. The molecule has 0 saturated heterocycles. The van der Waals surface area contributed by atoms with Gasteiger partial charge in [-0.2, -0.15) is 0 Å². The Bertz CT molecular complexity index is 1030. The van der Waals surface area contributed by atoms with E-state index in [1.807, 2.05) is 43.3 Å². The van der Waals surface area contributed by atoms with E-state index in [0.717, 1.165) is 21.9 Å². The van der Waals surface area contributed by atoms with Gasteiger partial charge in [0.25, 0.3) is 5.91 Å². The first kappa shape index (κ1) is 19.1. The Balaban J connectivity index is 1.44. The van der Waals surface area contributed by atoms with Crippen molar-refractivity contribution in [1.82, 2.24) is 10.3 Å². The molecule has 1 amide bonds. The average Bonchev–Trinajstić information content (AvgIpc) is 3.42. The lowest BCUT2D eigenvalue weighted by molar-refractivity contribution is 0.0946. The Morgan fingerprint density at radius 3 is 2.86 bits per heavy atom. The van der Waals surface area contributed by atoms with Crippen LogP contribution in [0.2, 0.25) is 0 Å². The third-order valence-electron chi connectivity index (χ3n) is 4.34. The van der Waals surface area contributed by atoms with Crippen molar-refractivity contribution in [3.05, 3.63) is 53.0 Å². The number of fused-ring (bicyclic) bond motifs is 1. The quantitative estimate of drug-likeness (QED) is 0.635. The van der Waals surface area contributed by atoms with Gasteiger partial charge in [-0.1, -0.05) is 6.07 Å². The third-order valence-corrected chi connectivity index (χ3v) is 5.23. The molecule has 1 aliphatic rings. The Hall–Kier alpha value is -3.26. The number of rotatable bonds is 7. The van der Waals surface area contributed by atoms with Gasteiger partial charge in [-0.05, 0) is 42.8 Å². The first-order valence-corrected chi connectivity index (χ1v) is 9.99. The van der Waals surface area contributed by atoms with Gasteiger partial charge < -0.3 is 24.3 Å². The van der Waals surface area contributed by atoms with E-state index in [-0.39, 0.29) is 12.7 Å². The highest BCUT2D eigenvalue weighted by Crippen LogP contribution is 2.34. The van der Waals surface area contributed by atoms with Gasteiger partial charge in [-0.15, -0.1) is 11.3 Å². The molecule has 4 rings (SSSR count). The molecule has 1 N–H and O–H groups in total. The first-order chi connectivity index (χ1) is 14.2. The maximum Gasteiger partial charge on any atom is 0.271 e. The fraction of sp³-hybridized carbons (Fsp3) is 0.238. The fourth-order valence-corrected chi connectivity index (χ4v) is 3.71.